The fourth-order valence-electron chi connectivity index (χ4n) is 1.07. The number of hydrogen-bond donors (Lipinski definition) is 1. The van der Waals surface area contributed by atoms with Crippen LogP contribution in [0.4, 0.5) is 5.95 Å². The first-order valence-electron chi connectivity index (χ1n) is 4.47. The number of nitrogen functional groups attached to an aromatic ring is 1. The van der Waals surface area contributed by atoms with Gasteiger partial charge in [-0.1, -0.05) is 0 Å². The molecule has 0 atom stereocenters. The van der Waals surface area contributed by atoms with Gasteiger partial charge in [0.2, 0.25) is 11.8 Å². The van der Waals surface area contributed by atoms with Crippen LogP contribution in [-0.2, 0) is 0 Å². The van der Waals surface area contributed by atoms with Crippen molar-refractivity contribution in [3.05, 3.63) is 11.8 Å². The van der Waals surface area contributed by atoms with Gasteiger partial charge in [0.05, 0.1) is 6.61 Å². The lowest BCUT2D eigenvalue weighted by Crippen LogP contribution is -2.05. The van der Waals surface area contributed by atoms with E-state index in [0.717, 1.165) is 18.1 Å². The van der Waals surface area contributed by atoms with E-state index < -0.39 is 0 Å². The lowest BCUT2D eigenvalue weighted by molar-refractivity contribution is 0.286. The summed E-state index contributed by atoms with van der Waals surface area (Å²) in [6, 6.07) is 0. The lowest BCUT2D eigenvalue weighted by atomic mass is 10.4. The SMILES string of the molecule is Cc1cnc(N)nc1OCC1CC1. The largest absolute Gasteiger partial charge is 0.477 e. The molecule has 0 spiro atoms. The van der Waals surface area contributed by atoms with Gasteiger partial charge in [-0.25, -0.2) is 4.98 Å². The highest BCUT2D eigenvalue weighted by Crippen LogP contribution is 2.29. The van der Waals surface area contributed by atoms with E-state index in [9.17, 15) is 0 Å². The maximum absolute atomic E-state index is 5.51. The molecule has 0 aromatic carbocycles. The van der Waals surface area contributed by atoms with Crippen LogP contribution in [0.1, 0.15) is 18.4 Å². The Morgan fingerprint density at radius 3 is 3.08 bits per heavy atom. The number of ether oxygens (including phenoxy) is 1. The topological polar surface area (TPSA) is 61.0 Å². The zero-order valence-electron chi connectivity index (χ0n) is 7.66. The van der Waals surface area contributed by atoms with E-state index in [0.29, 0.717) is 5.88 Å². The molecule has 0 amide bonds. The number of nitrogens with zero attached hydrogens (tertiary/aromatic N) is 2. The Balaban J connectivity index is 2.03. The quantitative estimate of drug-likeness (QED) is 0.756. The van der Waals surface area contributed by atoms with Gasteiger partial charge in [-0.15, -0.1) is 0 Å². The molecule has 0 aliphatic heterocycles. The number of nitrogens with two attached hydrogens (primary N) is 1. The van der Waals surface area contributed by atoms with E-state index in [-0.39, 0.29) is 5.95 Å². The predicted molar refractivity (Wildman–Crippen MR) is 49.4 cm³/mol. The molecule has 1 aliphatic carbocycles. The molecule has 4 nitrogen and oxygen atoms in total. The highest BCUT2D eigenvalue weighted by molar-refractivity contribution is 5.28. The molecular weight excluding hydrogens is 166 g/mol. The minimum Gasteiger partial charge on any atom is -0.477 e. The second-order valence-corrected chi connectivity index (χ2v) is 3.47. The van der Waals surface area contributed by atoms with Crippen LogP contribution in [0.2, 0.25) is 0 Å². The third-order valence-corrected chi connectivity index (χ3v) is 2.10. The molecular formula is C9H13N3O. The molecule has 0 radical (unpaired) electrons. The smallest absolute Gasteiger partial charge is 0.223 e. The van der Waals surface area contributed by atoms with E-state index in [4.69, 9.17) is 10.5 Å². The Morgan fingerprint density at radius 1 is 1.62 bits per heavy atom. The first-order valence-corrected chi connectivity index (χ1v) is 4.47. The summed E-state index contributed by atoms with van der Waals surface area (Å²) in [7, 11) is 0. The summed E-state index contributed by atoms with van der Waals surface area (Å²) < 4.78 is 5.51. The second kappa shape index (κ2) is 3.20. The molecule has 1 aliphatic rings. The Hall–Kier alpha value is -1.32. The van der Waals surface area contributed by atoms with Gasteiger partial charge >= 0.3 is 0 Å². The van der Waals surface area contributed by atoms with Gasteiger partial charge < -0.3 is 10.5 Å². The number of aryl methyl sites for hydroxylation is 1. The fourth-order valence-corrected chi connectivity index (χ4v) is 1.07. The maximum atomic E-state index is 5.51. The standard InChI is InChI=1S/C9H13N3O/c1-6-4-11-9(10)12-8(6)13-5-7-2-3-7/h4,7H,2-3,5H2,1H3,(H2,10,11,12). The minimum atomic E-state index is 0.274. The summed E-state index contributed by atoms with van der Waals surface area (Å²) >= 11 is 0. The first kappa shape index (κ1) is 8.29. The van der Waals surface area contributed by atoms with Crippen molar-refractivity contribution in [2.75, 3.05) is 12.3 Å². The van der Waals surface area contributed by atoms with Gasteiger partial charge in [0.1, 0.15) is 0 Å². The van der Waals surface area contributed by atoms with Crippen molar-refractivity contribution in [3.8, 4) is 5.88 Å². The monoisotopic (exact) mass is 179 g/mol. The second-order valence-electron chi connectivity index (χ2n) is 3.47. The molecule has 4 heteroatoms. The van der Waals surface area contributed by atoms with Crippen LogP contribution in [0.15, 0.2) is 6.20 Å². The van der Waals surface area contributed by atoms with E-state index in [1.807, 2.05) is 6.92 Å². The molecule has 70 valence electrons. The maximum Gasteiger partial charge on any atom is 0.223 e. The summed E-state index contributed by atoms with van der Waals surface area (Å²) in [5.74, 6) is 1.63. The third-order valence-electron chi connectivity index (χ3n) is 2.10. The molecule has 1 heterocycles. The van der Waals surface area contributed by atoms with Gasteiger partial charge in [-0.2, -0.15) is 4.98 Å². The molecule has 1 fully saturated rings. The van der Waals surface area contributed by atoms with Crippen molar-refractivity contribution < 1.29 is 4.74 Å². The van der Waals surface area contributed by atoms with Gasteiger partial charge in [-0.05, 0) is 25.7 Å². The number of anilines is 1. The highest BCUT2D eigenvalue weighted by Gasteiger charge is 2.22. The summed E-state index contributed by atoms with van der Waals surface area (Å²) in [6.45, 7) is 2.68. The Labute approximate surface area is 77.1 Å². The van der Waals surface area contributed by atoms with Crippen LogP contribution in [0, 0.1) is 12.8 Å². The van der Waals surface area contributed by atoms with E-state index in [1.165, 1.54) is 12.8 Å². The Bertz CT molecular complexity index is 310. The minimum absolute atomic E-state index is 0.274. The Kier molecular flexibility index (Phi) is 2.04. The summed E-state index contributed by atoms with van der Waals surface area (Å²) in [6.07, 6.45) is 4.24. The summed E-state index contributed by atoms with van der Waals surface area (Å²) in [5, 5.41) is 0. The van der Waals surface area contributed by atoms with Crippen molar-refractivity contribution in [3.63, 3.8) is 0 Å². The van der Waals surface area contributed by atoms with Crippen molar-refractivity contribution >= 4 is 5.95 Å². The molecule has 0 bridgehead atoms. The Morgan fingerprint density at radius 2 is 2.38 bits per heavy atom. The van der Waals surface area contributed by atoms with Crippen molar-refractivity contribution in [2.24, 2.45) is 5.92 Å². The molecule has 1 saturated carbocycles. The lowest BCUT2D eigenvalue weighted by Gasteiger charge is -2.06. The van der Waals surface area contributed by atoms with Crippen LogP contribution < -0.4 is 10.5 Å². The van der Waals surface area contributed by atoms with Crippen LogP contribution in [0.3, 0.4) is 0 Å². The highest BCUT2D eigenvalue weighted by atomic mass is 16.5. The number of aromatic nitrogens is 2. The molecule has 0 saturated heterocycles. The normalized spacial score (nSPS) is 15.8. The fraction of sp³-hybridized carbons (Fsp3) is 0.556. The molecule has 1 aromatic rings. The van der Waals surface area contributed by atoms with E-state index in [1.54, 1.807) is 6.20 Å². The number of hydrogen-bond acceptors (Lipinski definition) is 4. The summed E-state index contributed by atoms with van der Waals surface area (Å²) in [4.78, 5) is 7.89. The van der Waals surface area contributed by atoms with Gasteiger partial charge in [0.25, 0.3) is 0 Å². The van der Waals surface area contributed by atoms with Crippen molar-refractivity contribution in [1.82, 2.24) is 9.97 Å². The first-order chi connectivity index (χ1) is 6.25. The van der Waals surface area contributed by atoms with Crippen molar-refractivity contribution in [1.29, 1.82) is 0 Å². The molecule has 1 aromatic heterocycles. The molecule has 2 N–H and O–H groups in total. The average Bonchev–Trinajstić information content (AvgIpc) is 2.90. The molecule has 0 unspecified atom stereocenters. The van der Waals surface area contributed by atoms with Gasteiger partial charge in [0, 0.05) is 11.8 Å². The van der Waals surface area contributed by atoms with Gasteiger partial charge in [-0.3, -0.25) is 0 Å². The van der Waals surface area contributed by atoms with Crippen molar-refractivity contribution in [2.45, 2.75) is 19.8 Å². The zero-order valence-corrected chi connectivity index (χ0v) is 7.66. The van der Waals surface area contributed by atoms with Gasteiger partial charge in [0.15, 0.2) is 0 Å². The molecule has 13 heavy (non-hydrogen) atoms. The predicted octanol–water partition coefficient (Wildman–Crippen LogP) is 1.16. The zero-order chi connectivity index (χ0) is 9.26. The van der Waals surface area contributed by atoms with Crippen LogP contribution in [0.25, 0.3) is 0 Å². The van der Waals surface area contributed by atoms with Crippen LogP contribution in [0.5, 0.6) is 5.88 Å². The summed E-state index contributed by atoms with van der Waals surface area (Å²) in [5.41, 5.74) is 6.39. The molecule has 2 rings (SSSR count). The van der Waals surface area contributed by atoms with Crippen LogP contribution >= 0.6 is 0 Å². The number of rotatable bonds is 3. The third kappa shape index (κ3) is 2.08. The van der Waals surface area contributed by atoms with Crippen LogP contribution in [-0.4, -0.2) is 16.6 Å². The van der Waals surface area contributed by atoms with E-state index in [2.05, 4.69) is 9.97 Å². The average molecular weight is 179 g/mol. The van der Waals surface area contributed by atoms with E-state index >= 15 is 0 Å².